The van der Waals surface area contributed by atoms with Gasteiger partial charge in [-0.05, 0) is 13.8 Å². The van der Waals surface area contributed by atoms with Gasteiger partial charge in [-0.2, -0.15) is 0 Å². The highest BCUT2D eigenvalue weighted by atomic mass is 32.1. The van der Waals surface area contributed by atoms with Gasteiger partial charge in [0.2, 0.25) is 5.91 Å². The van der Waals surface area contributed by atoms with Gasteiger partial charge in [0.1, 0.15) is 5.01 Å². The Hall–Kier alpha value is -1.76. The third-order valence-corrected chi connectivity index (χ3v) is 5.89. The molecule has 0 saturated carbocycles. The highest BCUT2D eigenvalue weighted by Crippen LogP contribution is 2.24. The third-order valence-electron chi connectivity index (χ3n) is 4.95. The Labute approximate surface area is 160 Å². The number of aromatic nitrogens is 1. The van der Waals surface area contributed by atoms with Crippen LogP contribution >= 0.6 is 11.3 Å². The van der Waals surface area contributed by atoms with Crippen molar-refractivity contribution in [2.75, 3.05) is 39.8 Å². The molecule has 6 heteroatoms. The smallest absolute Gasteiger partial charge is 0.236 e. The van der Waals surface area contributed by atoms with Crippen LogP contribution in [0.15, 0.2) is 35.7 Å². The maximum atomic E-state index is 12.2. The number of hydrogen-bond acceptors (Lipinski definition) is 5. The number of benzene rings is 1. The van der Waals surface area contributed by atoms with E-state index in [9.17, 15) is 4.79 Å². The van der Waals surface area contributed by atoms with Crippen LogP contribution < -0.4 is 0 Å². The number of piperazine rings is 1. The van der Waals surface area contributed by atoms with Gasteiger partial charge >= 0.3 is 0 Å². The zero-order valence-corrected chi connectivity index (χ0v) is 16.7. The molecule has 0 unspecified atom stereocenters. The van der Waals surface area contributed by atoms with Crippen molar-refractivity contribution in [1.29, 1.82) is 0 Å². The van der Waals surface area contributed by atoms with E-state index in [-0.39, 0.29) is 11.9 Å². The van der Waals surface area contributed by atoms with Gasteiger partial charge in [-0.15, -0.1) is 11.3 Å². The fraction of sp³-hybridized carbons (Fsp3) is 0.500. The minimum Gasteiger partial charge on any atom is -0.342 e. The van der Waals surface area contributed by atoms with Crippen molar-refractivity contribution in [3.05, 3.63) is 41.4 Å². The van der Waals surface area contributed by atoms with Gasteiger partial charge < -0.3 is 4.90 Å². The molecule has 2 heterocycles. The molecule has 0 N–H and O–H groups in total. The number of carbonyl (C=O) groups is 1. The number of nitrogens with zero attached hydrogens (tertiary/aromatic N) is 4. The number of likely N-dealkylation sites (N-methyl/N-ethyl adjacent to an activating group) is 1. The molecule has 0 bridgehead atoms. The predicted molar refractivity (Wildman–Crippen MR) is 107 cm³/mol. The molecule has 0 atom stereocenters. The number of rotatable bonds is 6. The molecule has 140 valence electrons. The monoisotopic (exact) mass is 372 g/mol. The highest BCUT2D eigenvalue weighted by molar-refractivity contribution is 7.13. The Morgan fingerprint density at radius 3 is 2.46 bits per heavy atom. The van der Waals surface area contributed by atoms with Gasteiger partial charge in [-0.25, -0.2) is 4.98 Å². The first kappa shape index (κ1) is 19.0. The molecule has 1 amide bonds. The van der Waals surface area contributed by atoms with E-state index in [1.165, 1.54) is 5.56 Å². The average Bonchev–Trinajstić information content (AvgIpc) is 3.12. The summed E-state index contributed by atoms with van der Waals surface area (Å²) in [5, 5.41) is 3.25. The van der Waals surface area contributed by atoms with E-state index < -0.39 is 0 Å². The van der Waals surface area contributed by atoms with Crippen LogP contribution in [0.2, 0.25) is 0 Å². The normalized spacial score (nSPS) is 16.2. The first-order valence-electron chi connectivity index (χ1n) is 9.23. The topological polar surface area (TPSA) is 39.7 Å². The molecule has 1 fully saturated rings. The summed E-state index contributed by atoms with van der Waals surface area (Å²) in [5.74, 6) is 0.209. The Bertz CT molecular complexity index is 708. The van der Waals surface area contributed by atoms with Crippen molar-refractivity contribution >= 4 is 17.2 Å². The SMILES string of the molecule is CC(C)N(C)C(=O)CN1CCN(Cc2csc(-c3ccccc3)n2)CC1. The molecule has 2 aromatic rings. The number of carbonyl (C=O) groups excluding carboxylic acids is 1. The number of hydrogen-bond donors (Lipinski definition) is 0. The summed E-state index contributed by atoms with van der Waals surface area (Å²) in [7, 11) is 1.88. The van der Waals surface area contributed by atoms with Crippen LogP contribution in [-0.2, 0) is 11.3 Å². The van der Waals surface area contributed by atoms with E-state index in [4.69, 9.17) is 4.98 Å². The third kappa shape index (κ3) is 4.90. The van der Waals surface area contributed by atoms with Gasteiger partial charge in [0, 0.05) is 56.8 Å². The predicted octanol–water partition coefficient (Wildman–Crippen LogP) is 2.79. The second-order valence-electron chi connectivity index (χ2n) is 7.16. The van der Waals surface area contributed by atoms with Crippen LogP contribution in [-0.4, -0.2) is 71.4 Å². The van der Waals surface area contributed by atoms with Crippen molar-refractivity contribution in [3.63, 3.8) is 0 Å². The van der Waals surface area contributed by atoms with Crippen LogP contribution in [0.5, 0.6) is 0 Å². The number of thiazole rings is 1. The van der Waals surface area contributed by atoms with Crippen molar-refractivity contribution < 1.29 is 4.79 Å². The molecule has 0 radical (unpaired) electrons. The molecule has 3 rings (SSSR count). The van der Waals surface area contributed by atoms with E-state index >= 15 is 0 Å². The minimum atomic E-state index is 0.209. The maximum Gasteiger partial charge on any atom is 0.236 e. The summed E-state index contributed by atoms with van der Waals surface area (Å²) < 4.78 is 0. The second-order valence-corrected chi connectivity index (χ2v) is 8.02. The van der Waals surface area contributed by atoms with Crippen molar-refractivity contribution in [2.45, 2.75) is 26.4 Å². The fourth-order valence-corrected chi connectivity index (χ4v) is 3.84. The molecular formula is C20H28N4OS. The Balaban J connectivity index is 1.47. The number of amides is 1. The van der Waals surface area contributed by atoms with Crippen molar-refractivity contribution in [2.24, 2.45) is 0 Å². The lowest BCUT2D eigenvalue weighted by Crippen LogP contribution is -2.50. The first-order chi connectivity index (χ1) is 12.5. The summed E-state index contributed by atoms with van der Waals surface area (Å²) in [6.45, 7) is 9.35. The molecule has 1 aromatic heterocycles. The van der Waals surface area contributed by atoms with Crippen LogP contribution in [0, 0.1) is 0 Å². The average molecular weight is 373 g/mol. The van der Waals surface area contributed by atoms with Gasteiger partial charge in [-0.3, -0.25) is 14.6 Å². The van der Waals surface area contributed by atoms with E-state index in [0.29, 0.717) is 6.54 Å². The molecule has 1 aliphatic rings. The van der Waals surface area contributed by atoms with Crippen molar-refractivity contribution in [1.82, 2.24) is 19.7 Å². The zero-order valence-electron chi connectivity index (χ0n) is 15.9. The Morgan fingerprint density at radius 1 is 1.15 bits per heavy atom. The quantitative estimate of drug-likeness (QED) is 0.782. The Morgan fingerprint density at radius 2 is 1.81 bits per heavy atom. The van der Waals surface area contributed by atoms with Crippen LogP contribution in [0.4, 0.5) is 0 Å². The molecule has 1 aromatic carbocycles. The van der Waals surface area contributed by atoms with Gasteiger partial charge in [0.05, 0.1) is 12.2 Å². The lowest BCUT2D eigenvalue weighted by atomic mass is 10.2. The summed E-state index contributed by atoms with van der Waals surface area (Å²) in [6.07, 6.45) is 0. The summed E-state index contributed by atoms with van der Waals surface area (Å²) in [5.41, 5.74) is 2.32. The lowest BCUT2D eigenvalue weighted by molar-refractivity contribution is -0.133. The summed E-state index contributed by atoms with van der Waals surface area (Å²) in [4.78, 5) is 23.5. The van der Waals surface area contributed by atoms with E-state index in [2.05, 4.69) is 27.3 Å². The van der Waals surface area contributed by atoms with E-state index in [1.54, 1.807) is 11.3 Å². The maximum absolute atomic E-state index is 12.2. The summed E-state index contributed by atoms with van der Waals surface area (Å²) >= 11 is 1.71. The van der Waals surface area contributed by atoms with Gasteiger partial charge in [-0.1, -0.05) is 30.3 Å². The fourth-order valence-electron chi connectivity index (χ4n) is 3.02. The second kappa shape index (κ2) is 8.75. The molecule has 1 aliphatic heterocycles. The molecule has 1 saturated heterocycles. The molecular weight excluding hydrogens is 344 g/mol. The largest absolute Gasteiger partial charge is 0.342 e. The van der Waals surface area contributed by atoms with Gasteiger partial charge in [0.25, 0.3) is 0 Å². The van der Waals surface area contributed by atoms with E-state index in [0.717, 1.165) is 43.4 Å². The molecule has 5 nitrogen and oxygen atoms in total. The minimum absolute atomic E-state index is 0.209. The Kier molecular flexibility index (Phi) is 6.40. The standard InChI is InChI=1S/C20H28N4OS/c1-16(2)22(3)19(25)14-24-11-9-23(10-12-24)13-18-15-26-20(21-18)17-7-5-4-6-8-17/h4-8,15-16H,9-14H2,1-3H3. The van der Waals surface area contributed by atoms with E-state index in [1.807, 2.05) is 44.0 Å². The molecule has 26 heavy (non-hydrogen) atoms. The zero-order chi connectivity index (χ0) is 18.5. The molecule has 0 aliphatic carbocycles. The summed E-state index contributed by atoms with van der Waals surface area (Å²) in [6, 6.07) is 10.6. The molecule has 0 spiro atoms. The van der Waals surface area contributed by atoms with Crippen LogP contribution in [0.25, 0.3) is 10.6 Å². The van der Waals surface area contributed by atoms with Crippen LogP contribution in [0.1, 0.15) is 19.5 Å². The van der Waals surface area contributed by atoms with Gasteiger partial charge in [0.15, 0.2) is 0 Å². The van der Waals surface area contributed by atoms with Crippen molar-refractivity contribution in [3.8, 4) is 10.6 Å². The lowest BCUT2D eigenvalue weighted by Gasteiger charge is -2.35. The van der Waals surface area contributed by atoms with Crippen LogP contribution in [0.3, 0.4) is 0 Å². The first-order valence-corrected chi connectivity index (χ1v) is 10.1. The highest BCUT2D eigenvalue weighted by Gasteiger charge is 2.21.